The largest absolute Gasteiger partial charge is 0.493 e. The number of ether oxygens (including phenoxy) is 3. The van der Waals surface area contributed by atoms with Crippen LogP contribution < -0.4 is 9.47 Å². The van der Waals surface area contributed by atoms with Gasteiger partial charge in [0.25, 0.3) is 5.91 Å². The molecule has 6 nitrogen and oxygen atoms in total. The zero-order valence-electron chi connectivity index (χ0n) is 13.6. The number of hydrogen-bond acceptors (Lipinski definition) is 5. The van der Waals surface area contributed by atoms with Crippen LogP contribution in [0.25, 0.3) is 6.08 Å². The van der Waals surface area contributed by atoms with Crippen molar-refractivity contribution in [1.29, 1.82) is 5.26 Å². The van der Waals surface area contributed by atoms with Gasteiger partial charge in [-0.2, -0.15) is 5.26 Å². The van der Waals surface area contributed by atoms with E-state index in [9.17, 15) is 10.1 Å². The molecule has 0 radical (unpaired) electrons. The zero-order valence-corrected chi connectivity index (χ0v) is 13.6. The summed E-state index contributed by atoms with van der Waals surface area (Å²) < 4.78 is 15.8. The van der Waals surface area contributed by atoms with E-state index in [1.807, 2.05) is 19.1 Å². The van der Waals surface area contributed by atoms with Crippen molar-refractivity contribution in [3.05, 3.63) is 28.8 Å². The predicted molar refractivity (Wildman–Crippen MR) is 85.3 cm³/mol. The standard InChI is InChI=1S/C17H20N2O4/c1-12-8-15(21-2)16(22-3)10-13(12)9-14(11-18)17(20)19-4-6-23-7-5-19/h8-10H,4-7H2,1-3H3/b14-9-. The summed E-state index contributed by atoms with van der Waals surface area (Å²) >= 11 is 0. The van der Waals surface area contributed by atoms with Crippen LogP contribution in [0.1, 0.15) is 11.1 Å². The minimum absolute atomic E-state index is 0.0993. The molecule has 1 aromatic rings. The van der Waals surface area contributed by atoms with Gasteiger partial charge in [0.1, 0.15) is 11.6 Å². The third kappa shape index (κ3) is 3.82. The first-order chi connectivity index (χ1) is 11.1. The van der Waals surface area contributed by atoms with Crippen molar-refractivity contribution < 1.29 is 19.0 Å². The summed E-state index contributed by atoms with van der Waals surface area (Å²) in [5.41, 5.74) is 1.74. The van der Waals surface area contributed by atoms with Crippen LogP contribution in [0.3, 0.4) is 0 Å². The number of carbonyl (C=O) groups is 1. The summed E-state index contributed by atoms with van der Waals surface area (Å²) in [4.78, 5) is 14.1. The first-order valence-electron chi connectivity index (χ1n) is 7.32. The average molecular weight is 316 g/mol. The van der Waals surface area contributed by atoms with Crippen LogP contribution in [-0.2, 0) is 9.53 Å². The smallest absolute Gasteiger partial charge is 0.264 e. The number of hydrogen-bond donors (Lipinski definition) is 0. The predicted octanol–water partition coefficient (Wildman–Crippen LogP) is 1.78. The molecule has 0 bridgehead atoms. The van der Waals surface area contributed by atoms with Crippen molar-refractivity contribution in [2.45, 2.75) is 6.92 Å². The van der Waals surface area contributed by atoms with Gasteiger partial charge in [0, 0.05) is 13.1 Å². The topological polar surface area (TPSA) is 71.8 Å². The van der Waals surface area contributed by atoms with E-state index < -0.39 is 0 Å². The third-order valence-corrected chi connectivity index (χ3v) is 3.72. The number of morpholine rings is 1. The molecule has 0 aliphatic carbocycles. The molecule has 1 aliphatic heterocycles. The quantitative estimate of drug-likeness (QED) is 0.625. The maximum absolute atomic E-state index is 12.4. The molecule has 0 unspecified atom stereocenters. The number of methoxy groups -OCH3 is 2. The number of nitriles is 1. The second-order valence-electron chi connectivity index (χ2n) is 5.14. The highest BCUT2D eigenvalue weighted by Gasteiger charge is 2.21. The van der Waals surface area contributed by atoms with Crippen LogP contribution in [0.15, 0.2) is 17.7 Å². The van der Waals surface area contributed by atoms with E-state index in [-0.39, 0.29) is 11.5 Å². The molecular formula is C17H20N2O4. The van der Waals surface area contributed by atoms with Crippen LogP contribution in [0.2, 0.25) is 0 Å². The lowest BCUT2D eigenvalue weighted by atomic mass is 10.0. The van der Waals surface area contributed by atoms with Gasteiger partial charge < -0.3 is 19.1 Å². The van der Waals surface area contributed by atoms with Gasteiger partial charge in [-0.05, 0) is 36.3 Å². The van der Waals surface area contributed by atoms with Crippen molar-refractivity contribution >= 4 is 12.0 Å². The Labute approximate surface area is 135 Å². The Morgan fingerprint density at radius 1 is 1.26 bits per heavy atom. The Hall–Kier alpha value is -2.52. The van der Waals surface area contributed by atoms with Crippen molar-refractivity contribution in [1.82, 2.24) is 4.90 Å². The van der Waals surface area contributed by atoms with Gasteiger partial charge in [0.2, 0.25) is 0 Å². The fourth-order valence-corrected chi connectivity index (χ4v) is 2.39. The summed E-state index contributed by atoms with van der Waals surface area (Å²) in [5.74, 6) is 0.894. The average Bonchev–Trinajstić information content (AvgIpc) is 2.60. The van der Waals surface area contributed by atoms with Crippen LogP contribution in [0.4, 0.5) is 0 Å². The number of benzene rings is 1. The van der Waals surface area contributed by atoms with Crippen LogP contribution in [0.5, 0.6) is 11.5 Å². The van der Waals surface area contributed by atoms with E-state index in [2.05, 4.69) is 0 Å². The van der Waals surface area contributed by atoms with Gasteiger partial charge in [0.15, 0.2) is 11.5 Å². The molecule has 0 N–H and O–H groups in total. The fraction of sp³-hybridized carbons (Fsp3) is 0.412. The summed E-state index contributed by atoms with van der Waals surface area (Å²) in [6, 6.07) is 5.58. The van der Waals surface area contributed by atoms with E-state index >= 15 is 0 Å². The lowest BCUT2D eigenvalue weighted by molar-refractivity contribution is -0.130. The molecule has 6 heteroatoms. The lowest BCUT2D eigenvalue weighted by Gasteiger charge is -2.26. The number of nitrogens with zero attached hydrogens (tertiary/aromatic N) is 2. The van der Waals surface area contributed by atoms with Gasteiger partial charge in [0.05, 0.1) is 27.4 Å². The summed E-state index contributed by atoms with van der Waals surface area (Å²) in [6.07, 6.45) is 1.59. The third-order valence-electron chi connectivity index (χ3n) is 3.72. The minimum atomic E-state index is -0.273. The number of aryl methyl sites for hydroxylation is 1. The van der Waals surface area contributed by atoms with Crippen molar-refractivity contribution in [2.75, 3.05) is 40.5 Å². The summed E-state index contributed by atoms with van der Waals surface area (Å²) in [6.45, 7) is 3.90. The minimum Gasteiger partial charge on any atom is -0.493 e. The van der Waals surface area contributed by atoms with Gasteiger partial charge in [-0.15, -0.1) is 0 Å². The Morgan fingerprint density at radius 3 is 2.43 bits per heavy atom. The zero-order chi connectivity index (χ0) is 16.8. The highest BCUT2D eigenvalue weighted by molar-refractivity contribution is 6.02. The first-order valence-corrected chi connectivity index (χ1v) is 7.32. The Morgan fingerprint density at radius 2 is 1.87 bits per heavy atom. The second-order valence-corrected chi connectivity index (χ2v) is 5.14. The molecule has 1 saturated heterocycles. The molecular weight excluding hydrogens is 296 g/mol. The molecule has 1 amide bonds. The highest BCUT2D eigenvalue weighted by Crippen LogP contribution is 2.31. The summed E-state index contributed by atoms with van der Waals surface area (Å²) in [5, 5.41) is 9.35. The van der Waals surface area contributed by atoms with Crippen LogP contribution >= 0.6 is 0 Å². The van der Waals surface area contributed by atoms with E-state index in [4.69, 9.17) is 14.2 Å². The number of rotatable bonds is 4. The monoisotopic (exact) mass is 316 g/mol. The van der Waals surface area contributed by atoms with Crippen molar-refractivity contribution in [3.63, 3.8) is 0 Å². The molecule has 1 aromatic carbocycles. The number of amides is 1. The Bertz CT molecular complexity index is 655. The molecule has 0 atom stereocenters. The molecule has 0 spiro atoms. The maximum atomic E-state index is 12.4. The molecule has 2 rings (SSSR count). The molecule has 1 aliphatic rings. The summed E-state index contributed by atoms with van der Waals surface area (Å²) in [7, 11) is 3.11. The maximum Gasteiger partial charge on any atom is 0.264 e. The van der Waals surface area contributed by atoms with Crippen LogP contribution in [0, 0.1) is 18.3 Å². The van der Waals surface area contributed by atoms with E-state index in [1.54, 1.807) is 31.3 Å². The number of carbonyl (C=O) groups excluding carboxylic acids is 1. The van der Waals surface area contributed by atoms with Gasteiger partial charge in [-0.25, -0.2) is 0 Å². The van der Waals surface area contributed by atoms with Crippen molar-refractivity contribution in [2.24, 2.45) is 0 Å². The molecule has 0 saturated carbocycles. The molecule has 0 aromatic heterocycles. The van der Waals surface area contributed by atoms with Gasteiger partial charge in [-0.1, -0.05) is 0 Å². The van der Waals surface area contributed by atoms with Crippen LogP contribution in [-0.4, -0.2) is 51.3 Å². The van der Waals surface area contributed by atoms with Crippen molar-refractivity contribution in [3.8, 4) is 17.6 Å². The second kappa shape index (κ2) is 7.65. The van der Waals surface area contributed by atoms with E-state index in [0.717, 1.165) is 11.1 Å². The SMILES string of the molecule is COc1cc(C)c(/C=C(/C#N)C(=O)N2CCOCC2)cc1OC. The van der Waals surface area contributed by atoms with Gasteiger partial charge in [-0.3, -0.25) is 4.79 Å². The fourth-order valence-electron chi connectivity index (χ4n) is 2.39. The van der Waals surface area contributed by atoms with E-state index in [1.165, 1.54) is 0 Å². The molecule has 1 heterocycles. The Balaban J connectivity index is 2.34. The highest BCUT2D eigenvalue weighted by atomic mass is 16.5. The molecule has 1 fully saturated rings. The molecule has 122 valence electrons. The van der Waals surface area contributed by atoms with E-state index in [0.29, 0.717) is 37.8 Å². The lowest BCUT2D eigenvalue weighted by Crippen LogP contribution is -2.41. The normalized spacial score (nSPS) is 15.0. The van der Waals surface area contributed by atoms with Gasteiger partial charge >= 0.3 is 0 Å². The first kappa shape index (κ1) is 16.8. The molecule has 23 heavy (non-hydrogen) atoms. The Kier molecular flexibility index (Phi) is 5.61.